The van der Waals surface area contributed by atoms with Gasteiger partial charge in [-0.15, -0.1) is 0 Å². The molecule has 0 spiro atoms. The number of halogens is 2. The summed E-state index contributed by atoms with van der Waals surface area (Å²) in [5, 5.41) is 12.3. The number of hydrogen-bond acceptors (Lipinski definition) is 5. The second-order valence-electron chi connectivity index (χ2n) is 5.12. The summed E-state index contributed by atoms with van der Waals surface area (Å²) in [6, 6.07) is 15.8. The van der Waals surface area contributed by atoms with Crippen LogP contribution in [-0.4, -0.2) is 11.1 Å². The van der Waals surface area contributed by atoms with Crippen LogP contribution >= 0.6 is 23.2 Å². The zero-order valence-corrected chi connectivity index (χ0v) is 14.7. The second kappa shape index (κ2) is 7.91. The number of hydrogen-bond donors (Lipinski definition) is 1. The predicted octanol–water partition coefficient (Wildman–Crippen LogP) is 5.27. The van der Waals surface area contributed by atoms with E-state index in [1.165, 1.54) is 0 Å². The zero-order chi connectivity index (χ0) is 18.5. The Labute approximate surface area is 158 Å². The molecule has 0 bridgehead atoms. The number of carbonyl (C=O) groups excluding carboxylic acids is 1. The van der Waals surface area contributed by atoms with Gasteiger partial charge in [-0.1, -0.05) is 53.5 Å². The topological polar surface area (TPSA) is 88.2 Å². The molecule has 0 saturated heterocycles. The summed E-state index contributed by atoms with van der Waals surface area (Å²) >= 11 is 11.8. The van der Waals surface area contributed by atoms with Crippen LogP contribution in [0.3, 0.4) is 0 Å². The van der Waals surface area contributed by atoms with Gasteiger partial charge in [-0.25, -0.2) is 4.79 Å². The summed E-state index contributed by atoms with van der Waals surface area (Å²) in [4.78, 5) is 16.0. The van der Waals surface area contributed by atoms with Crippen LogP contribution in [0, 0.1) is 11.3 Å². The second-order valence-corrected chi connectivity index (χ2v) is 5.94. The Kier molecular flexibility index (Phi) is 5.42. The highest BCUT2D eigenvalue weighted by atomic mass is 35.5. The van der Waals surface area contributed by atoms with Crippen LogP contribution in [0.1, 0.15) is 11.3 Å². The Morgan fingerprint density at radius 3 is 2.65 bits per heavy atom. The van der Waals surface area contributed by atoms with Crippen LogP contribution in [0.5, 0.6) is 0 Å². The van der Waals surface area contributed by atoms with Gasteiger partial charge in [-0.3, -0.25) is 5.32 Å². The molecule has 0 saturated carbocycles. The molecule has 1 aromatic heterocycles. The lowest BCUT2D eigenvalue weighted by Crippen LogP contribution is -2.13. The van der Waals surface area contributed by atoms with Crippen molar-refractivity contribution in [1.29, 1.82) is 5.26 Å². The summed E-state index contributed by atoms with van der Waals surface area (Å²) in [6.45, 7) is 0.0857. The first-order valence-electron chi connectivity index (χ1n) is 7.41. The van der Waals surface area contributed by atoms with Gasteiger partial charge in [0.05, 0.1) is 10.0 Å². The molecule has 0 aliphatic carbocycles. The minimum atomic E-state index is -0.762. The molecular formula is C18H11Cl2N3O3. The molecule has 130 valence electrons. The fourth-order valence-electron chi connectivity index (χ4n) is 2.09. The third-order valence-electron chi connectivity index (χ3n) is 3.33. The van der Waals surface area contributed by atoms with Gasteiger partial charge in [0, 0.05) is 5.56 Å². The van der Waals surface area contributed by atoms with E-state index in [1.807, 2.05) is 36.4 Å². The zero-order valence-electron chi connectivity index (χ0n) is 13.2. The number of nitrogens with zero attached hydrogens (tertiary/aromatic N) is 2. The average Bonchev–Trinajstić information content (AvgIpc) is 3.06. The Bertz CT molecular complexity index is 981. The molecule has 3 rings (SSSR count). The highest BCUT2D eigenvalue weighted by Gasteiger charge is 2.18. The van der Waals surface area contributed by atoms with Gasteiger partial charge in [0.1, 0.15) is 12.7 Å². The van der Waals surface area contributed by atoms with Crippen molar-refractivity contribution < 1.29 is 13.9 Å². The molecule has 1 N–H and O–H groups in total. The van der Waals surface area contributed by atoms with Crippen LogP contribution in [0.4, 0.5) is 10.7 Å². The molecule has 1 amide bonds. The smallest absolute Gasteiger partial charge is 0.414 e. The quantitative estimate of drug-likeness (QED) is 0.658. The maximum Gasteiger partial charge on any atom is 0.414 e. The molecule has 0 radical (unpaired) electrons. The van der Waals surface area contributed by atoms with Gasteiger partial charge >= 0.3 is 6.09 Å². The number of nitriles is 1. The SMILES string of the molecule is N#Cc1nc(-c2ccc(Cl)c(Cl)c2)oc1NC(=O)OCc1ccccc1. The van der Waals surface area contributed by atoms with Crippen LogP contribution in [0.2, 0.25) is 10.0 Å². The van der Waals surface area contributed by atoms with E-state index in [0.717, 1.165) is 5.56 Å². The molecular weight excluding hydrogens is 377 g/mol. The predicted molar refractivity (Wildman–Crippen MR) is 96.9 cm³/mol. The number of oxazole rings is 1. The molecule has 2 aromatic carbocycles. The Balaban J connectivity index is 1.73. The third kappa shape index (κ3) is 4.14. The summed E-state index contributed by atoms with van der Waals surface area (Å²) in [5.41, 5.74) is 1.27. The Morgan fingerprint density at radius 1 is 1.19 bits per heavy atom. The van der Waals surface area contributed by atoms with Crippen molar-refractivity contribution in [1.82, 2.24) is 4.98 Å². The van der Waals surface area contributed by atoms with Crippen LogP contribution in [-0.2, 0) is 11.3 Å². The summed E-state index contributed by atoms with van der Waals surface area (Å²) in [5.74, 6) is 0.0186. The summed E-state index contributed by atoms with van der Waals surface area (Å²) < 4.78 is 10.6. The molecule has 26 heavy (non-hydrogen) atoms. The van der Waals surface area contributed by atoms with Gasteiger partial charge in [0.15, 0.2) is 0 Å². The van der Waals surface area contributed by atoms with E-state index in [1.54, 1.807) is 18.2 Å². The van der Waals surface area contributed by atoms with Gasteiger partial charge in [0.2, 0.25) is 17.5 Å². The van der Waals surface area contributed by atoms with Gasteiger partial charge in [0.25, 0.3) is 0 Å². The molecule has 0 atom stereocenters. The lowest BCUT2D eigenvalue weighted by Gasteiger charge is -2.05. The van der Waals surface area contributed by atoms with Gasteiger partial charge in [-0.2, -0.15) is 10.2 Å². The molecule has 8 heteroatoms. The molecule has 3 aromatic rings. The van der Waals surface area contributed by atoms with Crippen LogP contribution < -0.4 is 5.32 Å². The maximum atomic E-state index is 11.9. The molecule has 0 aliphatic heterocycles. The average molecular weight is 388 g/mol. The minimum Gasteiger partial charge on any atom is -0.444 e. The normalized spacial score (nSPS) is 10.2. The lowest BCUT2D eigenvalue weighted by atomic mass is 10.2. The summed E-state index contributed by atoms with van der Waals surface area (Å²) in [6.07, 6.45) is -0.762. The largest absolute Gasteiger partial charge is 0.444 e. The molecule has 6 nitrogen and oxygen atoms in total. The van der Waals surface area contributed by atoms with Crippen molar-refractivity contribution in [2.24, 2.45) is 0 Å². The van der Waals surface area contributed by atoms with E-state index >= 15 is 0 Å². The minimum absolute atomic E-state index is 0.0808. The van der Waals surface area contributed by atoms with E-state index in [4.69, 9.17) is 32.4 Å². The number of anilines is 1. The van der Waals surface area contributed by atoms with Crippen molar-refractivity contribution >= 4 is 35.2 Å². The number of benzene rings is 2. The fraction of sp³-hybridized carbons (Fsp3) is 0.0556. The van der Waals surface area contributed by atoms with E-state index in [2.05, 4.69) is 10.3 Å². The Morgan fingerprint density at radius 2 is 1.96 bits per heavy atom. The van der Waals surface area contributed by atoms with Crippen molar-refractivity contribution in [3.05, 3.63) is 69.8 Å². The highest BCUT2D eigenvalue weighted by Crippen LogP contribution is 2.30. The van der Waals surface area contributed by atoms with Crippen molar-refractivity contribution in [3.63, 3.8) is 0 Å². The first kappa shape index (κ1) is 17.8. The third-order valence-corrected chi connectivity index (χ3v) is 4.07. The maximum absolute atomic E-state index is 11.9. The van der Waals surface area contributed by atoms with Gasteiger partial charge in [-0.05, 0) is 23.8 Å². The Hall–Kier alpha value is -3.01. The first-order chi connectivity index (χ1) is 12.6. The lowest BCUT2D eigenvalue weighted by molar-refractivity contribution is 0.154. The van der Waals surface area contributed by atoms with E-state index < -0.39 is 6.09 Å². The fourth-order valence-corrected chi connectivity index (χ4v) is 2.38. The van der Waals surface area contributed by atoms with Crippen LogP contribution in [0.15, 0.2) is 52.9 Å². The van der Waals surface area contributed by atoms with E-state index in [0.29, 0.717) is 15.6 Å². The highest BCUT2D eigenvalue weighted by molar-refractivity contribution is 6.42. The number of aromatic nitrogens is 1. The first-order valence-corrected chi connectivity index (χ1v) is 8.16. The van der Waals surface area contributed by atoms with Crippen molar-refractivity contribution in [2.75, 3.05) is 5.32 Å². The van der Waals surface area contributed by atoms with E-state index in [-0.39, 0.29) is 24.1 Å². The number of amides is 1. The molecule has 0 aliphatic rings. The molecule has 0 fully saturated rings. The summed E-state index contributed by atoms with van der Waals surface area (Å²) in [7, 11) is 0. The van der Waals surface area contributed by atoms with E-state index in [9.17, 15) is 10.1 Å². The van der Waals surface area contributed by atoms with Crippen LogP contribution in [0.25, 0.3) is 11.5 Å². The standard InChI is InChI=1S/C18H11Cl2N3O3/c19-13-7-6-12(8-14(13)20)16-22-15(9-21)17(26-16)23-18(24)25-10-11-4-2-1-3-5-11/h1-8H,10H2,(H,23,24). The van der Waals surface area contributed by atoms with Crippen molar-refractivity contribution in [2.45, 2.75) is 6.61 Å². The number of nitrogens with one attached hydrogen (secondary N) is 1. The van der Waals surface area contributed by atoms with Crippen molar-refractivity contribution in [3.8, 4) is 17.5 Å². The number of rotatable bonds is 4. The monoisotopic (exact) mass is 387 g/mol. The molecule has 1 heterocycles. The van der Waals surface area contributed by atoms with Gasteiger partial charge < -0.3 is 9.15 Å². The number of carbonyl (C=O) groups is 1. The molecule has 0 unspecified atom stereocenters. The number of ether oxygens (including phenoxy) is 1.